The van der Waals surface area contributed by atoms with Crippen LogP contribution < -0.4 is 10.0 Å². The van der Waals surface area contributed by atoms with Crippen molar-refractivity contribution in [3.8, 4) is 11.1 Å². The first-order chi connectivity index (χ1) is 20.2. The highest BCUT2D eigenvalue weighted by molar-refractivity contribution is 7.90. The molecular formula is C30H31N3O9S. The Morgan fingerprint density at radius 1 is 0.930 bits per heavy atom. The van der Waals surface area contributed by atoms with Crippen molar-refractivity contribution in [1.29, 1.82) is 0 Å². The van der Waals surface area contributed by atoms with E-state index in [-0.39, 0.29) is 31.1 Å². The normalized spacial score (nSPS) is 13.3. The van der Waals surface area contributed by atoms with Gasteiger partial charge in [0.15, 0.2) is 0 Å². The van der Waals surface area contributed by atoms with Gasteiger partial charge in [-0.1, -0.05) is 48.5 Å². The third-order valence-electron chi connectivity index (χ3n) is 6.60. The monoisotopic (exact) mass is 609 g/mol. The van der Waals surface area contributed by atoms with E-state index in [1.165, 1.54) is 0 Å². The van der Waals surface area contributed by atoms with Crippen LogP contribution in [0.15, 0.2) is 77.7 Å². The molecule has 0 saturated carbocycles. The van der Waals surface area contributed by atoms with Crippen molar-refractivity contribution in [2.75, 3.05) is 6.61 Å². The van der Waals surface area contributed by atoms with Crippen LogP contribution in [0.25, 0.3) is 11.1 Å². The van der Waals surface area contributed by atoms with Crippen molar-refractivity contribution in [3.63, 3.8) is 0 Å². The minimum absolute atomic E-state index is 0.0542. The van der Waals surface area contributed by atoms with Crippen LogP contribution in [0.5, 0.6) is 0 Å². The zero-order valence-electron chi connectivity index (χ0n) is 23.7. The summed E-state index contributed by atoms with van der Waals surface area (Å²) in [5.41, 5.74) is 2.87. The van der Waals surface area contributed by atoms with Gasteiger partial charge >= 0.3 is 12.1 Å². The van der Waals surface area contributed by atoms with Crippen molar-refractivity contribution >= 4 is 33.7 Å². The topological polar surface area (TPSA) is 171 Å². The maximum atomic E-state index is 13.1. The van der Waals surface area contributed by atoms with Crippen LogP contribution in [0.1, 0.15) is 50.7 Å². The van der Waals surface area contributed by atoms with Gasteiger partial charge in [0, 0.05) is 24.5 Å². The summed E-state index contributed by atoms with van der Waals surface area (Å²) in [4.78, 5) is 48.1. The molecule has 2 N–H and O–H groups in total. The maximum absolute atomic E-state index is 13.1. The highest BCUT2D eigenvalue weighted by atomic mass is 32.2. The number of nitro benzene ring substituents is 1. The number of carbonyl (C=O) groups is 3. The van der Waals surface area contributed by atoms with E-state index in [9.17, 15) is 32.9 Å². The van der Waals surface area contributed by atoms with E-state index in [4.69, 9.17) is 9.47 Å². The lowest BCUT2D eigenvalue weighted by Gasteiger charge is -2.22. The molecule has 3 aromatic carbocycles. The molecule has 12 nitrogen and oxygen atoms in total. The summed E-state index contributed by atoms with van der Waals surface area (Å²) < 4.78 is 38.3. The number of amides is 2. The lowest BCUT2D eigenvalue weighted by Crippen LogP contribution is -2.49. The van der Waals surface area contributed by atoms with Crippen molar-refractivity contribution in [3.05, 3.63) is 94.0 Å². The summed E-state index contributed by atoms with van der Waals surface area (Å²) in [6.07, 6.45) is -1.59. The van der Waals surface area contributed by atoms with Crippen LogP contribution in [0, 0.1) is 10.1 Å². The number of fused-ring (bicyclic) bond motifs is 3. The van der Waals surface area contributed by atoms with E-state index in [2.05, 4.69) is 5.32 Å². The number of nitrogens with one attached hydrogen (secondary N) is 2. The Morgan fingerprint density at radius 3 is 2.02 bits per heavy atom. The molecule has 3 aromatic rings. The van der Waals surface area contributed by atoms with Gasteiger partial charge in [-0.05, 0) is 61.6 Å². The summed E-state index contributed by atoms with van der Waals surface area (Å²) in [5.74, 6) is -2.04. The standard InChI is InChI=1S/C30H31N3O9S/c1-30(2,3)42-27(34)17-16-26(28(35)32-43(39,40)20-14-12-19(13-15-20)33(37)38)31-29(36)41-18-25-23-10-6-4-8-21(23)22-9-5-7-11-24(22)25/h4-15,25-26H,16-18H2,1-3H3,(H,31,36)(H,32,35)/t26-/m0/s1. The number of nitrogens with zero attached hydrogens (tertiary/aromatic N) is 1. The highest BCUT2D eigenvalue weighted by Gasteiger charge is 2.31. The van der Waals surface area contributed by atoms with Gasteiger partial charge in [0.25, 0.3) is 21.6 Å². The van der Waals surface area contributed by atoms with Crippen molar-refractivity contribution in [1.82, 2.24) is 10.0 Å². The predicted molar refractivity (Wildman–Crippen MR) is 155 cm³/mol. The van der Waals surface area contributed by atoms with Crippen molar-refractivity contribution < 1.29 is 37.2 Å². The summed E-state index contributed by atoms with van der Waals surface area (Å²) in [6, 6.07) is 17.9. The molecule has 13 heteroatoms. The van der Waals surface area contributed by atoms with E-state index < -0.39 is 49.5 Å². The van der Waals surface area contributed by atoms with E-state index in [0.29, 0.717) is 0 Å². The lowest BCUT2D eigenvalue weighted by molar-refractivity contribution is -0.384. The summed E-state index contributed by atoms with van der Waals surface area (Å²) >= 11 is 0. The fourth-order valence-electron chi connectivity index (χ4n) is 4.72. The zero-order valence-corrected chi connectivity index (χ0v) is 24.6. The van der Waals surface area contributed by atoms with Gasteiger partial charge in [-0.2, -0.15) is 0 Å². The van der Waals surface area contributed by atoms with E-state index in [1.54, 1.807) is 20.8 Å². The zero-order chi connectivity index (χ0) is 31.4. The van der Waals surface area contributed by atoms with E-state index >= 15 is 0 Å². The van der Waals surface area contributed by atoms with Gasteiger partial charge in [0.1, 0.15) is 18.2 Å². The minimum Gasteiger partial charge on any atom is -0.460 e. The van der Waals surface area contributed by atoms with E-state index in [1.807, 2.05) is 53.3 Å². The molecule has 0 spiro atoms. The lowest BCUT2D eigenvalue weighted by atomic mass is 9.98. The van der Waals surface area contributed by atoms with Gasteiger partial charge in [0.2, 0.25) is 0 Å². The largest absolute Gasteiger partial charge is 0.460 e. The molecule has 0 aliphatic heterocycles. The summed E-state index contributed by atoms with van der Waals surface area (Å²) in [5, 5.41) is 13.3. The van der Waals surface area contributed by atoms with Gasteiger partial charge in [-0.25, -0.2) is 17.9 Å². The molecule has 2 amide bonds. The number of non-ortho nitro benzene ring substituents is 1. The van der Waals surface area contributed by atoms with Crippen LogP contribution >= 0.6 is 0 Å². The second kappa shape index (κ2) is 12.6. The highest BCUT2D eigenvalue weighted by Crippen LogP contribution is 2.44. The molecule has 0 saturated heterocycles. The number of ether oxygens (including phenoxy) is 2. The second-order valence-electron chi connectivity index (χ2n) is 10.9. The number of rotatable bonds is 10. The maximum Gasteiger partial charge on any atom is 0.407 e. The Bertz CT molecular complexity index is 1600. The number of benzene rings is 3. The first-order valence-electron chi connectivity index (χ1n) is 13.4. The third kappa shape index (κ3) is 7.74. The Morgan fingerprint density at radius 2 is 1.49 bits per heavy atom. The average molecular weight is 610 g/mol. The van der Waals surface area contributed by atoms with E-state index in [0.717, 1.165) is 46.5 Å². The first-order valence-corrected chi connectivity index (χ1v) is 14.9. The predicted octanol–water partition coefficient (Wildman–Crippen LogP) is 4.43. The van der Waals surface area contributed by atoms with Crippen LogP contribution in [-0.4, -0.2) is 49.6 Å². The second-order valence-corrected chi connectivity index (χ2v) is 12.6. The van der Waals surface area contributed by atoms with Crippen LogP contribution in [0.3, 0.4) is 0 Å². The molecule has 0 aromatic heterocycles. The molecule has 226 valence electrons. The smallest absolute Gasteiger partial charge is 0.407 e. The molecular weight excluding hydrogens is 578 g/mol. The molecule has 0 heterocycles. The molecule has 1 aliphatic rings. The summed E-state index contributed by atoms with van der Waals surface area (Å²) in [7, 11) is -4.47. The number of hydrogen-bond donors (Lipinski definition) is 2. The SMILES string of the molecule is CC(C)(C)OC(=O)CC[C@H](NC(=O)OCC1c2ccccc2-c2ccccc21)C(=O)NS(=O)(=O)c1ccc([N+](=O)[O-])cc1. The van der Waals surface area contributed by atoms with Crippen molar-refractivity contribution in [2.24, 2.45) is 0 Å². The molecule has 1 atom stereocenters. The molecule has 4 rings (SSSR count). The number of nitro groups is 1. The Labute approximate surface area is 248 Å². The third-order valence-corrected chi connectivity index (χ3v) is 7.96. The quantitative estimate of drug-likeness (QED) is 0.192. The fraction of sp³-hybridized carbons (Fsp3) is 0.300. The van der Waals surface area contributed by atoms with Crippen LogP contribution in [-0.2, 0) is 29.1 Å². The number of alkyl carbamates (subject to hydrolysis) is 1. The van der Waals surface area contributed by atoms with Gasteiger partial charge in [0.05, 0.1) is 9.82 Å². The Balaban J connectivity index is 1.47. The molecule has 0 bridgehead atoms. The number of esters is 1. The van der Waals surface area contributed by atoms with Gasteiger partial charge < -0.3 is 14.8 Å². The fourth-order valence-corrected chi connectivity index (χ4v) is 5.73. The number of sulfonamides is 1. The molecule has 0 unspecified atom stereocenters. The van der Waals surface area contributed by atoms with Crippen LogP contribution in [0.4, 0.5) is 10.5 Å². The van der Waals surface area contributed by atoms with Gasteiger partial charge in [-0.3, -0.25) is 19.7 Å². The van der Waals surface area contributed by atoms with Gasteiger partial charge in [-0.15, -0.1) is 0 Å². The molecule has 43 heavy (non-hydrogen) atoms. The van der Waals surface area contributed by atoms with Crippen molar-refractivity contribution in [2.45, 2.75) is 56.1 Å². The Kier molecular flexibility index (Phi) is 9.14. The Hall–Kier alpha value is -4.78. The molecule has 1 aliphatic carbocycles. The number of hydrogen-bond acceptors (Lipinski definition) is 9. The molecule has 0 fully saturated rings. The first kappa shape index (κ1) is 31.2. The average Bonchev–Trinajstić information content (AvgIpc) is 3.26. The number of carbonyl (C=O) groups excluding carboxylic acids is 3. The summed E-state index contributed by atoms with van der Waals surface area (Å²) in [6.45, 7) is 4.95. The molecule has 0 radical (unpaired) electrons. The minimum atomic E-state index is -4.47. The van der Waals surface area contributed by atoms with Crippen LogP contribution in [0.2, 0.25) is 0 Å².